The van der Waals surface area contributed by atoms with Gasteiger partial charge in [-0.3, -0.25) is 0 Å². The summed E-state index contributed by atoms with van der Waals surface area (Å²) in [5, 5.41) is 21.5. The van der Waals surface area contributed by atoms with Crippen LogP contribution in [0.15, 0.2) is 30.3 Å². The number of aliphatic hydroxyl groups excluding tert-OH is 2. The third kappa shape index (κ3) is 3.52. The van der Waals surface area contributed by atoms with Crippen molar-refractivity contribution in [3.8, 4) is 0 Å². The average Bonchev–Trinajstić information content (AvgIpc) is 2.65. The van der Waals surface area contributed by atoms with Gasteiger partial charge in [0.2, 0.25) is 0 Å². The molecule has 0 spiro atoms. The van der Waals surface area contributed by atoms with Crippen LogP contribution >= 0.6 is 0 Å². The first-order valence-electron chi connectivity index (χ1n) is 10.9. The maximum Gasteiger partial charge on any atom is 0.187 e. The molecule has 4 bridgehead atoms. The van der Waals surface area contributed by atoms with Gasteiger partial charge in [0.15, 0.2) is 6.29 Å². The van der Waals surface area contributed by atoms with Crippen LogP contribution in [-0.4, -0.2) is 46.5 Å². The minimum atomic E-state index is -0.997. The van der Waals surface area contributed by atoms with Crippen molar-refractivity contribution in [3.05, 3.63) is 35.9 Å². The molecule has 28 heavy (non-hydrogen) atoms. The second-order valence-electron chi connectivity index (χ2n) is 9.67. The number of benzene rings is 1. The lowest BCUT2D eigenvalue weighted by Gasteiger charge is -2.57. The summed E-state index contributed by atoms with van der Waals surface area (Å²) >= 11 is 0. The Morgan fingerprint density at radius 2 is 1.57 bits per heavy atom. The molecule has 0 amide bonds. The lowest BCUT2D eigenvalue weighted by Crippen LogP contribution is -2.62. The highest BCUT2D eigenvalue weighted by atomic mass is 16.7. The summed E-state index contributed by atoms with van der Waals surface area (Å²) in [5.41, 5.74) is 0.853. The third-order valence-electron chi connectivity index (χ3n) is 7.42. The number of hydrogen-bond acceptors (Lipinski definition) is 5. The summed E-state index contributed by atoms with van der Waals surface area (Å²) in [6.07, 6.45) is 3.49. The zero-order valence-electron chi connectivity index (χ0n) is 16.6. The van der Waals surface area contributed by atoms with Crippen LogP contribution in [0.3, 0.4) is 0 Å². The number of aliphatic hydroxyl groups is 2. The van der Waals surface area contributed by atoms with Crippen LogP contribution in [0, 0.1) is 17.8 Å². The summed E-state index contributed by atoms with van der Waals surface area (Å²) in [4.78, 5) is 0. The minimum absolute atomic E-state index is 0.160. The Hall–Kier alpha value is -0.980. The summed E-state index contributed by atoms with van der Waals surface area (Å²) in [7, 11) is 0. The fraction of sp³-hybridized carbons (Fsp3) is 0.739. The topological polar surface area (TPSA) is 68.2 Å². The summed E-state index contributed by atoms with van der Waals surface area (Å²) in [5.74, 6) is 2.29. The van der Waals surface area contributed by atoms with Gasteiger partial charge in [-0.15, -0.1) is 0 Å². The first-order valence-corrected chi connectivity index (χ1v) is 10.9. The SMILES string of the molecule is C[C@@H]1O[C@H](OC23CC4CC(CC(C4)C2)C3)[C@H](O)[C@H](OCc2ccccc2)[C@H]1O. The van der Waals surface area contributed by atoms with Crippen molar-refractivity contribution in [1.29, 1.82) is 0 Å². The normalized spacial score (nSPS) is 47.4. The van der Waals surface area contributed by atoms with Crippen LogP contribution in [0.5, 0.6) is 0 Å². The predicted octanol–water partition coefficient (Wildman–Crippen LogP) is 3.02. The third-order valence-corrected chi connectivity index (χ3v) is 7.42. The number of ether oxygens (including phenoxy) is 3. The molecule has 2 N–H and O–H groups in total. The Balaban J connectivity index is 1.28. The zero-order chi connectivity index (χ0) is 19.3. The minimum Gasteiger partial charge on any atom is -0.388 e. The molecule has 5 fully saturated rings. The molecule has 4 saturated carbocycles. The molecule has 4 aliphatic carbocycles. The highest BCUT2D eigenvalue weighted by Crippen LogP contribution is 2.57. The Kier molecular flexibility index (Phi) is 5.00. The van der Waals surface area contributed by atoms with Gasteiger partial charge in [0.1, 0.15) is 18.3 Å². The molecule has 1 aromatic rings. The van der Waals surface area contributed by atoms with E-state index in [0.29, 0.717) is 6.61 Å². The molecule has 6 rings (SSSR count). The highest BCUT2D eigenvalue weighted by molar-refractivity contribution is 5.13. The molecule has 0 unspecified atom stereocenters. The van der Waals surface area contributed by atoms with E-state index in [-0.39, 0.29) is 5.60 Å². The van der Waals surface area contributed by atoms with E-state index >= 15 is 0 Å². The quantitative estimate of drug-likeness (QED) is 0.812. The monoisotopic (exact) mass is 388 g/mol. The van der Waals surface area contributed by atoms with E-state index in [4.69, 9.17) is 14.2 Å². The van der Waals surface area contributed by atoms with Crippen LogP contribution < -0.4 is 0 Å². The first kappa shape index (κ1) is 19.0. The smallest absolute Gasteiger partial charge is 0.187 e. The van der Waals surface area contributed by atoms with Crippen molar-refractivity contribution in [2.75, 3.05) is 0 Å². The predicted molar refractivity (Wildman–Crippen MR) is 103 cm³/mol. The van der Waals surface area contributed by atoms with Gasteiger partial charge in [-0.2, -0.15) is 0 Å². The Morgan fingerprint density at radius 1 is 0.964 bits per heavy atom. The molecule has 5 aliphatic rings. The van der Waals surface area contributed by atoms with Gasteiger partial charge in [0.05, 0.1) is 18.3 Å². The van der Waals surface area contributed by atoms with Crippen molar-refractivity contribution in [2.24, 2.45) is 17.8 Å². The zero-order valence-corrected chi connectivity index (χ0v) is 16.6. The fourth-order valence-corrected chi connectivity index (χ4v) is 6.48. The Labute approximate surface area is 167 Å². The van der Waals surface area contributed by atoms with Crippen molar-refractivity contribution in [1.82, 2.24) is 0 Å². The van der Waals surface area contributed by atoms with Crippen LogP contribution in [0.2, 0.25) is 0 Å². The summed E-state index contributed by atoms with van der Waals surface area (Å²) < 4.78 is 18.4. The van der Waals surface area contributed by atoms with Gasteiger partial charge in [-0.1, -0.05) is 30.3 Å². The lowest BCUT2D eigenvalue weighted by molar-refractivity contribution is -0.341. The van der Waals surface area contributed by atoms with Crippen molar-refractivity contribution < 1.29 is 24.4 Å². The molecular weight excluding hydrogens is 356 g/mol. The molecule has 1 saturated heterocycles. The van der Waals surface area contributed by atoms with Crippen LogP contribution in [0.25, 0.3) is 0 Å². The average molecular weight is 389 g/mol. The lowest BCUT2D eigenvalue weighted by atomic mass is 9.54. The largest absolute Gasteiger partial charge is 0.388 e. The Morgan fingerprint density at radius 3 is 2.18 bits per heavy atom. The van der Waals surface area contributed by atoms with Crippen LogP contribution in [-0.2, 0) is 20.8 Å². The molecule has 0 aromatic heterocycles. The van der Waals surface area contributed by atoms with Gasteiger partial charge in [-0.05, 0) is 68.8 Å². The van der Waals surface area contributed by atoms with E-state index in [1.807, 2.05) is 37.3 Å². The van der Waals surface area contributed by atoms with E-state index < -0.39 is 30.7 Å². The second-order valence-corrected chi connectivity index (χ2v) is 9.67. The van der Waals surface area contributed by atoms with E-state index in [2.05, 4.69) is 0 Å². The number of hydrogen-bond donors (Lipinski definition) is 2. The molecule has 0 radical (unpaired) electrons. The molecular formula is C23H32O5. The highest BCUT2D eigenvalue weighted by Gasteiger charge is 2.55. The summed E-state index contributed by atoms with van der Waals surface area (Å²) in [6.45, 7) is 2.17. The molecule has 1 aromatic carbocycles. The molecule has 5 atom stereocenters. The van der Waals surface area contributed by atoms with Crippen LogP contribution in [0.4, 0.5) is 0 Å². The van der Waals surface area contributed by atoms with E-state index in [9.17, 15) is 10.2 Å². The van der Waals surface area contributed by atoms with Gasteiger partial charge in [-0.25, -0.2) is 0 Å². The Bertz CT molecular complexity index is 642. The van der Waals surface area contributed by atoms with Crippen molar-refractivity contribution >= 4 is 0 Å². The number of rotatable bonds is 5. The molecule has 5 heteroatoms. The van der Waals surface area contributed by atoms with Crippen molar-refractivity contribution in [2.45, 2.75) is 88.4 Å². The van der Waals surface area contributed by atoms with Gasteiger partial charge in [0, 0.05) is 0 Å². The molecule has 5 nitrogen and oxygen atoms in total. The maximum absolute atomic E-state index is 11.0. The van der Waals surface area contributed by atoms with E-state index in [1.165, 1.54) is 19.3 Å². The van der Waals surface area contributed by atoms with Gasteiger partial charge in [0.25, 0.3) is 0 Å². The van der Waals surface area contributed by atoms with Gasteiger partial charge >= 0.3 is 0 Å². The maximum atomic E-state index is 11.0. The van der Waals surface area contributed by atoms with Gasteiger partial charge < -0.3 is 24.4 Å². The fourth-order valence-electron chi connectivity index (χ4n) is 6.48. The van der Waals surface area contributed by atoms with E-state index in [1.54, 1.807) is 0 Å². The van der Waals surface area contributed by atoms with E-state index in [0.717, 1.165) is 42.6 Å². The molecule has 1 heterocycles. The molecule has 154 valence electrons. The standard InChI is InChI=1S/C23H32O5/c1-14-19(24)21(26-13-15-5-3-2-4-6-15)20(25)22(27-14)28-23-10-16-7-17(11-23)9-18(8-16)12-23/h2-6,14,16-22,24-25H,7-13H2,1H3/t14-,16?,17?,18?,19-,20+,21+,22+,23?/m0/s1. The van der Waals surface area contributed by atoms with Crippen molar-refractivity contribution in [3.63, 3.8) is 0 Å². The van der Waals surface area contributed by atoms with Crippen LogP contribution in [0.1, 0.15) is 51.0 Å². The molecule has 1 aliphatic heterocycles. The summed E-state index contributed by atoms with van der Waals surface area (Å²) in [6, 6.07) is 9.82. The second kappa shape index (κ2) is 7.37. The first-order chi connectivity index (χ1) is 13.5.